The van der Waals surface area contributed by atoms with Crippen LogP contribution in [0, 0.1) is 0 Å². The number of methoxy groups -OCH3 is 2. The Hall–Kier alpha value is -5.19. The second kappa shape index (κ2) is 10.9. The predicted molar refractivity (Wildman–Crippen MR) is 152 cm³/mol. The highest BCUT2D eigenvalue weighted by atomic mass is 16.5. The number of nitrogens with zero attached hydrogens (tertiary/aromatic N) is 5. The van der Waals surface area contributed by atoms with Gasteiger partial charge in [0.2, 0.25) is 5.88 Å². The third-order valence-corrected chi connectivity index (χ3v) is 6.00. The fraction of sp³-hybridized carbons (Fsp3) is 0.207. The Bertz CT molecular complexity index is 1660. The van der Waals surface area contributed by atoms with Crippen LogP contribution < -0.4 is 24.8 Å². The van der Waals surface area contributed by atoms with Crippen molar-refractivity contribution in [1.82, 2.24) is 24.7 Å². The van der Waals surface area contributed by atoms with Gasteiger partial charge in [0, 0.05) is 35.5 Å². The van der Waals surface area contributed by atoms with Crippen LogP contribution in [0.3, 0.4) is 0 Å². The smallest absolute Gasteiger partial charge is 0.324 e. The van der Waals surface area contributed by atoms with Crippen LogP contribution in [-0.4, -0.2) is 45.0 Å². The topological polar surface area (TPSA) is 125 Å². The highest BCUT2D eigenvalue weighted by Crippen LogP contribution is 2.36. The fourth-order valence-corrected chi connectivity index (χ4v) is 3.96. The minimum Gasteiger partial charge on any atom is -0.493 e. The Labute approximate surface area is 231 Å². The normalized spacial score (nSPS) is 11.2. The van der Waals surface area contributed by atoms with E-state index in [1.807, 2.05) is 24.3 Å². The SMILES string of the molecule is COc1cc2ncnc(Oc3cccc(NC(=O)Nc4cc(C(C)(C)C)nn4-c4ccccn4)c3)c2cc1OC. The Morgan fingerprint density at radius 1 is 0.875 bits per heavy atom. The van der Waals surface area contributed by atoms with E-state index in [1.54, 1.807) is 61.5 Å². The molecule has 3 heterocycles. The van der Waals surface area contributed by atoms with Gasteiger partial charge in [-0.2, -0.15) is 9.78 Å². The van der Waals surface area contributed by atoms with Crippen molar-refractivity contribution in [3.05, 3.63) is 78.9 Å². The van der Waals surface area contributed by atoms with E-state index in [9.17, 15) is 4.79 Å². The molecule has 0 bridgehead atoms. The van der Waals surface area contributed by atoms with E-state index in [-0.39, 0.29) is 5.41 Å². The van der Waals surface area contributed by atoms with Gasteiger partial charge < -0.3 is 19.5 Å². The van der Waals surface area contributed by atoms with Gasteiger partial charge in [0.25, 0.3) is 0 Å². The van der Waals surface area contributed by atoms with Crippen molar-refractivity contribution in [1.29, 1.82) is 0 Å². The van der Waals surface area contributed by atoms with Crippen LogP contribution in [0.5, 0.6) is 23.1 Å². The van der Waals surface area contributed by atoms with E-state index < -0.39 is 6.03 Å². The Balaban J connectivity index is 1.36. The molecule has 0 spiro atoms. The summed E-state index contributed by atoms with van der Waals surface area (Å²) in [7, 11) is 3.12. The molecule has 0 atom stereocenters. The Morgan fingerprint density at radius 3 is 2.40 bits per heavy atom. The summed E-state index contributed by atoms with van der Waals surface area (Å²) in [5, 5.41) is 11.1. The molecule has 0 radical (unpaired) electrons. The van der Waals surface area contributed by atoms with Crippen molar-refractivity contribution >= 4 is 28.4 Å². The lowest BCUT2D eigenvalue weighted by Crippen LogP contribution is -2.21. The average molecular weight is 540 g/mol. The van der Waals surface area contributed by atoms with Gasteiger partial charge in [0.1, 0.15) is 17.9 Å². The Kier molecular flexibility index (Phi) is 7.19. The number of anilines is 2. The monoisotopic (exact) mass is 539 g/mol. The molecule has 2 N–H and O–H groups in total. The number of pyridine rings is 1. The van der Waals surface area contributed by atoms with Gasteiger partial charge in [-0.25, -0.2) is 19.7 Å². The first-order valence-corrected chi connectivity index (χ1v) is 12.5. The number of urea groups is 1. The van der Waals surface area contributed by atoms with E-state index in [0.717, 1.165) is 5.69 Å². The van der Waals surface area contributed by atoms with Crippen LogP contribution in [0.15, 0.2) is 73.2 Å². The van der Waals surface area contributed by atoms with E-state index >= 15 is 0 Å². The number of carbonyl (C=O) groups excluding carboxylic acids is 1. The molecule has 3 aromatic heterocycles. The van der Waals surface area contributed by atoms with Crippen LogP contribution >= 0.6 is 0 Å². The lowest BCUT2D eigenvalue weighted by molar-refractivity contribution is 0.262. The van der Waals surface area contributed by atoms with E-state index in [0.29, 0.717) is 51.4 Å². The molecule has 0 fully saturated rings. The van der Waals surface area contributed by atoms with Gasteiger partial charge in [-0.15, -0.1) is 0 Å². The minimum absolute atomic E-state index is 0.223. The first kappa shape index (κ1) is 26.4. The zero-order valence-electron chi connectivity index (χ0n) is 22.8. The zero-order chi connectivity index (χ0) is 28.3. The lowest BCUT2D eigenvalue weighted by Gasteiger charge is -2.13. The quantitative estimate of drug-likeness (QED) is 0.259. The molecule has 0 aliphatic heterocycles. The molecule has 0 saturated heterocycles. The molecular weight excluding hydrogens is 510 g/mol. The maximum absolute atomic E-state index is 13.0. The Morgan fingerprint density at radius 2 is 1.68 bits per heavy atom. The van der Waals surface area contributed by atoms with Gasteiger partial charge in [-0.3, -0.25) is 5.32 Å². The highest BCUT2D eigenvalue weighted by Gasteiger charge is 2.22. The number of benzene rings is 2. The largest absolute Gasteiger partial charge is 0.493 e. The van der Waals surface area contributed by atoms with E-state index in [1.165, 1.54) is 6.33 Å². The standard InChI is InChI=1S/C29H29N7O4/c1-29(2,3)24-16-26(36(35-24)25-11-6-7-12-30-25)34-28(37)33-18-9-8-10-19(13-18)40-27-20-14-22(38-4)23(39-5)15-21(20)31-17-32-27/h6-17H,1-5H3,(H2,33,34,37). The number of amides is 2. The zero-order valence-corrected chi connectivity index (χ0v) is 22.8. The average Bonchev–Trinajstić information content (AvgIpc) is 3.37. The molecule has 0 saturated carbocycles. The number of carbonyl (C=O) groups is 1. The van der Waals surface area contributed by atoms with Crippen LogP contribution in [0.1, 0.15) is 26.5 Å². The summed E-state index contributed by atoms with van der Waals surface area (Å²) >= 11 is 0. The second-order valence-electron chi connectivity index (χ2n) is 9.88. The summed E-state index contributed by atoms with van der Waals surface area (Å²) in [5.41, 5.74) is 1.75. The summed E-state index contributed by atoms with van der Waals surface area (Å²) < 4.78 is 18.5. The number of ether oxygens (including phenoxy) is 3. The van der Waals surface area contributed by atoms with Gasteiger partial charge in [-0.05, 0) is 30.3 Å². The van der Waals surface area contributed by atoms with E-state index in [4.69, 9.17) is 14.2 Å². The third kappa shape index (κ3) is 5.63. The van der Waals surface area contributed by atoms with Crippen molar-refractivity contribution in [2.24, 2.45) is 0 Å². The van der Waals surface area contributed by atoms with Crippen LogP contribution in [0.4, 0.5) is 16.3 Å². The summed E-state index contributed by atoms with van der Waals surface area (Å²) in [6, 6.07) is 17.4. The number of hydrogen-bond donors (Lipinski definition) is 2. The number of aromatic nitrogens is 5. The number of fused-ring (bicyclic) bond motifs is 1. The predicted octanol–water partition coefficient (Wildman–Crippen LogP) is 5.96. The first-order chi connectivity index (χ1) is 19.2. The van der Waals surface area contributed by atoms with Crippen LogP contribution in [0.25, 0.3) is 16.7 Å². The summed E-state index contributed by atoms with van der Waals surface area (Å²) in [5.74, 6) is 2.97. The summed E-state index contributed by atoms with van der Waals surface area (Å²) in [6.07, 6.45) is 3.09. The van der Waals surface area contributed by atoms with Gasteiger partial charge in [-0.1, -0.05) is 32.9 Å². The van der Waals surface area contributed by atoms with Crippen LogP contribution in [-0.2, 0) is 5.41 Å². The fourth-order valence-electron chi connectivity index (χ4n) is 3.96. The van der Waals surface area contributed by atoms with Crippen LogP contribution in [0.2, 0.25) is 0 Å². The second-order valence-corrected chi connectivity index (χ2v) is 9.88. The maximum atomic E-state index is 13.0. The van der Waals surface area contributed by atoms with E-state index in [2.05, 4.69) is 51.5 Å². The number of hydrogen-bond acceptors (Lipinski definition) is 8. The maximum Gasteiger partial charge on any atom is 0.324 e. The van der Waals surface area contributed by atoms with Crippen molar-refractivity contribution in [3.8, 4) is 28.9 Å². The molecule has 2 amide bonds. The summed E-state index contributed by atoms with van der Waals surface area (Å²) in [4.78, 5) is 26.0. The molecule has 5 aromatic rings. The molecule has 2 aromatic carbocycles. The van der Waals surface area contributed by atoms with Gasteiger partial charge in [0.05, 0.1) is 30.8 Å². The van der Waals surface area contributed by atoms with Gasteiger partial charge >= 0.3 is 6.03 Å². The number of nitrogens with one attached hydrogen (secondary N) is 2. The lowest BCUT2D eigenvalue weighted by atomic mass is 9.92. The van der Waals surface area contributed by atoms with Crippen molar-refractivity contribution < 1.29 is 19.0 Å². The van der Waals surface area contributed by atoms with Crippen molar-refractivity contribution in [2.45, 2.75) is 26.2 Å². The molecule has 0 unspecified atom stereocenters. The minimum atomic E-state index is -0.445. The van der Waals surface area contributed by atoms with Gasteiger partial charge in [0.15, 0.2) is 17.3 Å². The third-order valence-electron chi connectivity index (χ3n) is 6.00. The molecule has 0 aliphatic rings. The summed E-state index contributed by atoms with van der Waals surface area (Å²) in [6.45, 7) is 6.17. The molecule has 204 valence electrons. The molecular formula is C29H29N7O4. The van der Waals surface area contributed by atoms with Crippen molar-refractivity contribution in [2.75, 3.05) is 24.9 Å². The molecule has 5 rings (SSSR count). The first-order valence-electron chi connectivity index (χ1n) is 12.5. The molecule has 40 heavy (non-hydrogen) atoms. The molecule has 11 heteroatoms. The highest BCUT2D eigenvalue weighted by molar-refractivity contribution is 5.99. The molecule has 0 aliphatic carbocycles. The molecule has 11 nitrogen and oxygen atoms in total. The van der Waals surface area contributed by atoms with Crippen molar-refractivity contribution in [3.63, 3.8) is 0 Å². The number of rotatable bonds is 7.